The summed E-state index contributed by atoms with van der Waals surface area (Å²) in [5, 5.41) is 11.9. The van der Waals surface area contributed by atoms with Gasteiger partial charge in [0.1, 0.15) is 0 Å². The SMILES string of the molecule is CCNCc1cc(C#N)ccc1Br. The molecule has 0 bridgehead atoms. The molecule has 0 heterocycles. The van der Waals surface area contributed by atoms with E-state index in [1.54, 1.807) is 6.07 Å². The van der Waals surface area contributed by atoms with Crippen molar-refractivity contribution in [3.05, 3.63) is 33.8 Å². The lowest BCUT2D eigenvalue weighted by molar-refractivity contribution is 0.724. The minimum Gasteiger partial charge on any atom is -0.313 e. The average molecular weight is 239 g/mol. The van der Waals surface area contributed by atoms with Crippen molar-refractivity contribution in [2.24, 2.45) is 0 Å². The molecule has 1 rings (SSSR count). The van der Waals surface area contributed by atoms with Gasteiger partial charge in [0.2, 0.25) is 0 Å². The molecule has 0 atom stereocenters. The van der Waals surface area contributed by atoms with Gasteiger partial charge in [-0.25, -0.2) is 0 Å². The molecule has 68 valence electrons. The van der Waals surface area contributed by atoms with Crippen LogP contribution in [0, 0.1) is 11.3 Å². The lowest BCUT2D eigenvalue weighted by atomic mass is 10.1. The molecule has 0 saturated heterocycles. The fourth-order valence-corrected chi connectivity index (χ4v) is 1.43. The second kappa shape index (κ2) is 5.00. The number of nitrogens with one attached hydrogen (secondary N) is 1. The molecule has 3 heteroatoms. The van der Waals surface area contributed by atoms with Gasteiger partial charge in [0.15, 0.2) is 0 Å². The van der Waals surface area contributed by atoms with Crippen LogP contribution < -0.4 is 5.32 Å². The molecule has 0 unspecified atom stereocenters. The van der Waals surface area contributed by atoms with E-state index in [2.05, 4.69) is 34.2 Å². The summed E-state index contributed by atoms with van der Waals surface area (Å²) >= 11 is 3.44. The van der Waals surface area contributed by atoms with Gasteiger partial charge in [0.25, 0.3) is 0 Å². The zero-order valence-corrected chi connectivity index (χ0v) is 9.06. The molecule has 0 fully saturated rings. The van der Waals surface area contributed by atoms with Gasteiger partial charge in [-0.2, -0.15) is 5.26 Å². The second-order valence-electron chi connectivity index (χ2n) is 2.70. The van der Waals surface area contributed by atoms with Crippen molar-refractivity contribution in [1.29, 1.82) is 5.26 Å². The van der Waals surface area contributed by atoms with Crippen molar-refractivity contribution in [2.75, 3.05) is 6.54 Å². The first-order valence-electron chi connectivity index (χ1n) is 4.17. The van der Waals surface area contributed by atoms with Crippen LogP contribution >= 0.6 is 15.9 Å². The third-order valence-electron chi connectivity index (χ3n) is 1.74. The van der Waals surface area contributed by atoms with Crippen LogP contribution in [0.5, 0.6) is 0 Å². The summed E-state index contributed by atoms with van der Waals surface area (Å²) in [5.74, 6) is 0. The zero-order chi connectivity index (χ0) is 9.68. The van der Waals surface area contributed by atoms with E-state index in [4.69, 9.17) is 5.26 Å². The molecule has 0 saturated carbocycles. The number of benzene rings is 1. The van der Waals surface area contributed by atoms with Crippen LogP contribution in [-0.2, 0) is 6.54 Å². The zero-order valence-electron chi connectivity index (χ0n) is 7.47. The number of rotatable bonds is 3. The fraction of sp³-hybridized carbons (Fsp3) is 0.300. The van der Waals surface area contributed by atoms with Crippen LogP contribution in [0.4, 0.5) is 0 Å². The van der Waals surface area contributed by atoms with Crippen LogP contribution in [0.1, 0.15) is 18.1 Å². The lowest BCUT2D eigenvalue weighted by Gasteiger charge is -2.04. The molecule has 2 nitrogen and oxygen atoms in total. The maximum atomic E-state index is 8.69. The Balaban J connectivity index is 2.85. The highest BCUT2D eigenvalue weighted by molar-refractivity contribution is 9.10. The van der Waals surface area contributed by atoms with Gasteiger partial charge in [0, 0.05) is 11.0 Å². The third-order valence-corrected chi connectivity index (χ3v) is 2.51. The summed E-state index contributed by atoms with van der Waals surface area (Å²) in [4.78, 5) is 0. The van der Waals surface area contributed by atoms with Crippen LogP contribution in [-0.4, -0.2) is 6.54 Å². The van der Waals surface area contributed by atoms with Crippen LogP contribution in [0.3, 0.4) is 0 Å². The highest BCUT2D eigenvalue weighted by Gasteiger charge is 2.00. The van der Waals surface area contributed by atoms with Crippen LogP contribution in [0.25, 0.3) is 0 Å². The molecular formula is C10H11BrN2. The number of nitriles is 1. The summed E-state index contributed by atoms with van der Waals surface area (Å²) in [6.07, 6.45) is 0. The number of halogens is 1. The van der Waals surface area contributed by atoms with Crippen LogP contribution in [0.15, 0.2) is 22.7 Å². The van der Waals surface area contributed by atoms with Gasteiger partial charge in [-0.1, -0.05) is 22.9 Å². The maximum Gasteiger partial charge on any atom is 0.0991 e. The van der Waals surface area contributed by atoms with E-state index in [-0.39, 0.29) is 0 Å². The van der Waals surface area contributed by atoms with Crippen molar-refractivity contribution in [2.45, 2.75) is 13.5 Å². The van der Waals surface area contributed by atoms with Crippen molar-refractivity contribution < 1.29 is 0 Å². The maximum absolute atomic E-state index is 8.69. The van der Waals surface area contributed by atoms with Gasteiger partial charge in [-0.05, 0) is 30.3 Å². The lowest BCUT2D eigenvalue weighted by Crippen LogP contribution is -2.12. The van der Waals surface area contributed by atoms with E-state index in [1.807, 2.05) is 12.1 Å². The van der Waals surface area contributed by atoms with Gasteiger partial charge < -0.3 is 5.32 Å². The Hall–Kier alpha value is -0.850. The summed E-state index contributed by atoms with van der Waals surface area (Å²) in [5.41, 5.74) is 1.83. The molecule has 0 aliphatic rings. The Morgan fingerprint density at radius 1 is 1.54 bits per heavy atom. The highest BCUT2D eigenvalue weighted by Crippen LogP contribution is 2.17. The molecule has 13 heavy (non-hydrogen) atoms. The summed E-state index contributed by atoms with van der Waals surface area (Å²) < 4.78 is 1.05. The predicted octanol–water partition coefficient (Wildman–Crippen LogP) is 2.43. The fourth-order valence-electron chi connectivity index (χ4n) is 1.04. The Morgan fingerprint density at radius 3 is 2.92 bits per heavy atom. The number of hydrogen-bond acceptors (Lipinski definition) is 2. The summed E-state index contributed by atoms with van der Waals surface area (Å²) in [7, 11) is 0. The molecule has 0 aromatic heterocycles. The quantitative estimate of drug-likeness (QED) is 0.879. The molecule has 0 aliphatic heterocycles. The Morgan fingerprint density at radius 2 is 2.31 bits per heavy atom. The van der Waals surface area contributed by atoms with E-state index in [0.717, 1.165) is 23.1 Å². The molecule has 1 aromatic carbocycles. The Bertz CT molecular complexity index is 328. The largest absolute Gasteiger partial charge is 0.313 e. The molecule has 1 aromatic rings. The van der Waals surface area contributed by atoms with E-state index in [1.165, 1.54) is 0 Å². The number of nitrogens with zero attached hydrogens (tertiary/aromatic N) is 1. The first kappa shape index (κ1) is 10.2. The molecule has 0 amide bonds. The topological polar surface area (TPSA) is 35.8 Å². The summed E-state index contributed by atoms with van der Waals surface area (Å²) in [6.45, 7) is 3.79. The second-order valence-corrected chi connectivity index (χ2v) is 3.55. The molecular weight excluding hydrogens is 228 g/mol. The first-order chi connectivity index (χ1) is 6.27. The van der Waals surface area contributed by atoms with Gasteiger partial charge in [0.05, 0.1) is 11.6 Å². The molecule has 0 aliphatic carbocycles. The van der Waals surface area contributed by atoms with E-state index in [0.29, 0.717) is 5.56 Å². The Kier molecular flexibility index (Phi) is 3.94. The van der Waals surface area contributed by atoms with Gasteiger partial charge in [-0.15, -0.1) is 0 Å². The van der Waals surface area contributed by atoms with Crippen LogP contribution in [0.2, 0.25) is 0 Å². The molecule has 1 N–H and O–H groups in total. The predicted molar refractivity (Wildman–Crippen MR) is 56.2 cm³/mol. The molecule has 0 radical (unpaired) electrons. The summed E-state index contributed by atoms with van der Waals surface area (Å²) in [6, 6.07) is 7.73. The van der Waals surface area contributed by atoms with E-state index in [9.17, 15) is 0 Å². The first-order valence-corrected chi connectivity index (χ1v) is 4.96. The normalized spacial score (nSPS) is 9.62. The minimum absolute atomic E-state index is 0.705. The minimum atomic E-state index is 0.705. The Labute approximate surface area is 86.7 Å². The van der Waals surface area contributed by atoms with Crippen molar-refractivity contribution >= 4 is 15.9 Å². The standard InChI is InChI=1S/C10H11BrN2/c1-2-13-7-9-5-8(6-12)3-4-10(9)11/h3-5,13H,2,7H2,1H3. The van der Waals surface area contributed by atoms with Crippen molar-refractivity contribution in [3.8, 4) is 6.07 Å². The van der Waals surface area contributed by atoms with Gasteiger partial charge >= 0.3 is 0 Å². The van der Waals surface area contributed by atoms with Crippen molar-refractivity contribution in [1.82, 2.24) is 5.32 Å². The van der Waals surface area contributed by atoms with Gasteiger partial charge in [-0.3, -0.25) is 0 Å². The van der Waals surface area contributed by atoms with E-state index < -0.39 is 0 Å². The third kappa shape index (κ3) is 2.83. The smallest absolute Gasteiger partial charge is 0.0991 e. The van der Waals surface area contributed by atoms with Crippen molar-refractivity contribution in [3.63, 3.8) is 0 Å². The monoisotopic (exact) mass is 238 g/mol. The average Bonchev–Trinajstić information content (AvgIpc) is 2.17. The van der Waals surface area contributed by atoms with E-state index >= 15 is 0 Å². The highest BCUT2D eigenvalue weighted by atomic mass is 79.9. The molecule has 0 spiro atoms. The number of hydrogen-bond donors (Lipinski definition) is 1.